The van der Waals surface area contributed by atoms with Gasteiger partial charge < -0.3 is 14.3 Å². The number of aromatic nitrogens is 1. The third kappa shape index (κ3) is 3.11. The summed E-state index contributed by atoms with van der Waals surface area (Å²) in [6, 6.07) is 19.9. The molecule has 2 aromatic carbocycles. The minimum atomic E-state index is -0.934. The zero-order valence-electron chi connectivity index (χ0n) is 17.1. The van der Waals surface area contributed by atoms with Gasteiger partial charge in [0.05, 0.1) is 18.4 Å². The van der Waals surface area contributed by atoms with Gasteiger partial charge in [-0.1, -0.05) is 30.3 Å². The lowest BCUT2D eigenvalue weighted by Crippen LogP contribution is -2.31. The van der Waals surface area contributed by atoms with Crippen LogP contribution in [0.3, 0.4) is 0 Å². The number of Topliss-reactive ketones (excluding diaryl/α,β-unsaturated/α-hetero) is 1. The number of carbonyl (C=O) groups is 2. The molecular weight excluding hydrogens is 408 g/mol. The van der Waals surface area contributed by atoms with Crippen molar-refractivity contribution in [2.24, 2.45) is 0 Å². The number of methoxy groups -OCH3 is 1. The van der Waals surface area contributed by atoms with E-state index in [4.69, 9.17) is 9.15 Å². The van der Waals surface area contributed by atoms with E-state index in [1.54, 1.807) is 66.9 Å². The minimum Gasteiger partial charge on any atom is -0.503 e. The lowest BCUT2D eigenvalue weighted by Gasteiger charge is -2.26. The average molecular weight is 426 g/mol. The van der Waals surface area contributed by atoms with Gasteiger partial charge >= 0.3 is 0 Å². The van der Waals surface area contributed by atoms with Gasteiger partial charge in [0.2, 0.25) is 5.78 Å². The summed E-state index contributed by atoms with van der Waals surface area (Å²) in [6.45, 7) is 0. The molecule has 1 aliphatic heterocycles. The van der Waals surface area contributed by atoms with Crippen LogP contribution in [0.25, 0.3) is 11.0 Å². The molecule has 0 bridgehead atoms. The number of pyridine rings is 1. The highest BCUT2D eigenvalue weighted by molar-refractivity contribution is 6.20. The Hall–Kier alpha value is -4.39. The van der Waals surface area contributed by atoms with Gasteiger partial charge in [-0.3, -0.25) is 19.5 Å². The second-order valence-electron chi connectivity index (χ2n) is 7.27. The molecule has 7 heteroatoms. The van der Waals surface area contributed by atoms with Crippen molar-refractivity contribution in [3.63, 3.8) is 0 Å². The number of ether oxygens (including phenoxy) is 1. The summed E-state index contributed by atoms with van der Waals surface area (Å²) in [5, 5.41) is 11.6. The van der Waals surface area contributed by atoms with Crippen LogP contribution in [-0.2, 0) is 4.79 Å². The molecule has 0 saturated carbocycles. The number of fused-ring (bicyclic) bond motifs is 1. The molecule has 7 nitrogen and oxygen atoms in total. The van der Waals surface area contributed by atoms with Crippen LogP contribution in [0.15, 0.2) is 94.7 Å². The van der Waals surface area contributed by atoms with Gasteiger partial charge in [0.25, 0.3) is 5.91 Å². The number of hydrogen-bond acceptors (Lipinski definition) is 6. The number of anilines is 1. The van der Waals surface area contributed by atoms with Crippen LogP contribution in [-0.4, -0.2) is 28.9 Å². The highest BCUT2D eigenvalue weighted by atomic mass is 16.5. The predicted molar refractivity (Wildman–Crippen MR) is 118 cm³/mol. The first-order valence-corrected chi connectivity index (χ1v) is 9.93. The predicted octanol–water partition coefficient (Wildman–Crippen LogP) is 4.62. The maximum atomic E-state index is 13.5. The van der Waals surface area contributed by atoms with E-state index >= 15 is 0 Å². The van der Waals surface area contributed by atoms with E-state index in [1.165, 1.54) is 12.0 Å². The number of para-hydroxylation sites is 1. The number of aliphatic hydroxyl groups excluding tert-OH is 1. The summed E-state index contributed by atoms with van der Waals surface area (Å²) in [5.74, 6) is -1.34. The molecule has 1 aliphatic rings. The van der Waals surface area contributed by atoms with Crippen molar-refractivity contribution in [2.75, 3.05) is 12.0 Å². The number of benzene rings is 2. The molecule has 0 aliphatic carbocycles. The maximum absolute atomic E-state index is 13.5. The largest absolute Gasteiger partial charge is 0.503 e. The quantitative estimate of drug-likeness (QED) is 0.468. The smallest absolute Gasteiger partial charge is 0.294 e. The van der Waals surface area contributed by atoms with Crippen molar-refractivity contribution in [3.8, 4) is 5.75 Å². The Bertz CT molecular complexity index is 1340. The normalized spacial score (nSPS) is 16.1. The molecule has 32 heavy (non-hydrogen) atoms. The van der Waals surface area contributed by atoms with Gasteiger partial charge in [-0.15, -0.1) is 0 Å². The first-order chi connectivity index (χ1) is 15.6. The van der Waals surface area contributed by atoms with E-state index in [0.29, 0.717) is 22.7 Å². The fourth-order valence-electron chi connectivity index (χ4n) is 3.91. The molecule has 1 unspecified atom stereocenters. The molecule has 158 valence electrons. The Morgan fingerprint density at radius 1 is 1.06 bits per heavy atom. The Labute approximate surface area is 183 Å². The standard InChI is InChI=1S/C25H18N2O5/c1-31-17-9-6-8-16(14-17)27-22(18-10-4-5-12-26-18)21(24(29)25(27)30)23(28)20-13-15-7-2-3-11-19(15)32-20/h2-14,22,29H,1H3. The van der Waals surface area contributed by atoms with Gasteiger partial charge in [-0.25, -0.2) is 0 Å². The summed E-state index contributed by atoms with van der Waals surface area (Å²) in [7, 11) is 1.52. The molecule has 4 aromatic rings. The lowest BCUT2D eigenvalue weighted by molar-refractivity contribution is -0.117. The van der Waals surface area contributed by atoms with Crippen LogP contribution < -0.4 is 9.64 Å². The van der Waals surface area contributed by atoms with Gasteiger partial charge in [0.1, 0.15) is 17.4 Å². The summed E-state index contributed by atoms with van der Waals surface area (Å²) in [5.41, 5.74) is 1.35. The molecule has 2 aromatic heterocycles. The fourth-order valence-corrected chi connectivity index (χ4v) is 3.91. The molecule has 0 fully saturated rings. The van der Waals surface area contributed by atoms with Gasteiger partial charge in [0, 0.05) is 23.3 Å². The molecule has 0 spiro atoms. The average Bonchev–Trinajstić information content (AvgIpc) is 3.38. The number of ketones is 1. The van der Waals surface area contributed by atoms with Crippen molar-refractivity contribution in [2.45, 2.75) is 6.04 Å². The fraction of sp³-hybridized carbons (Fsp3) is 0.0800. The number of rotatable bonds is 5. The summed E-state index contributed by atoms with van der Waals surface area (Å²) in [4.78, 5) is 32.4. The highest BCUT2D eigenvalue weighted by Crippen LogP contribution is 2.42. The van der Waals surface area contributed by atoms with Crippen molar-refractivity contribution >= 4 is 28.3 Å². The first kappa shape index (κ1) is 19.6. The van der Waals surface area contributed by atoms with E-state index in [2.05, 4.69) is 4.98 Å². The van der Waals surface area contributed by atoms with E-state index < -0.39 is 23.5 Å². The Kier molecular flexibility index (Phi) is 4.71. The number of amides is 1. The summed E-state index contributed by atoms with van der Waals surface area (Å²) in [6.07, 6.45) is 1.57. The molecule has 0 radical (unpaired) electrons. The van der Waals surface area contributed by atoms with Gasteiger partial charge in [0.15, 0.2) is 11.5 Å². The van der Waals surface area contributed by atoms with Crippen molar-refractivity contribution < 1.29 is 23.8 Å². The van der Waals surface area contributed by atoms with Crippen LogP contribution in [0.2, 0.25) is 0 Å². The maximum Gasteiger partial charge on any atom is 0.294 e. The van der Waals surface area contributed by atoms with Crippen LogP contribution in [0.1, 0.15) is 22.3 Å². The molecule has 5 rings (SSSR count). The number of hydrogen-bond donors (Lipinski definition) is 1. The van der Waals surface area contributed by atoms with Crippen molar-refractivity contribution in [3.05, 3.63) is 102 Å². The van der Waals surface area contributed by atoms with Crippen molar-refractivity contribution in [1.82, 2.24) is 4.98 Å². The van der Waals surface area contributed by atoms with E-state index in [-0.39, 0.29) is 11.3 Å². The summed E-state index contributed by atoms with van der Waals surface area (Å²) >= 11 is 0. The Morgan fingerprint density at radius 2 is 1.88 bits per heavy atom. The number of furan rings is 1. The molecule has 1 amide bonds. The van der Waals surface area contributed by atoms with Crippen molar-refractivity contribution in [1.29, 1.82) is 0 Å². The third-order valence-corrected chi connectivity index (χ3v) is 5.40. The second-order valence-corrected chi connectivity index (χ2v) is 7.27. The van der Waals surface area contributed by atoms with Crippen LogP contribution in [0, 0.1) is 0 Å². The Morgan fingerprint density at radius 3 is 2.62 bits per heavy atom. The minimum absolute atomic E-state index is 0.0361. The topological polar surface area (TPSA) is 92.9 Å². The molecular formula is C25H18N2O5. The van der Waals surface area contributed by atoms with Crippen LogP contribution in [0.4, 0.5) is 5.69 Å². The first-order valence-electron chi connectivity index (χ1n) is 9.93. The Balaban J connectivity index is 1.66. The monoisotopic (exact) mass is 426 g/mol. The number of carbonyl (C=O) groups excluding carboxylic acids is 2. The van der Waals surface area contributed by atoms with E-state index in [9.17, 15) is 14.7 Å². The number of aliphatic hydroxyl groups is 1. The molecule has 0 saturated heterocycles. The third-order valence-electron chi connectivity index (χ3n) is 5.40. The van der Waals surface area contributed by atoms with Gasteiger partial charge in [-0.05, 0) is 36.4 Å². The summed E-state index contributed by atoms with van der Waals surface area (Å²) < 4.78 is 11.0. The molecule has 1 N–H and O–H groups in total. The van der Waals surface area contributed by atoms with E-state index in [1.807, 2.05) is 12.1 Å². The molecule has 1 atom stereocenters. The SMILES string of the molecule is COc1cccc(N2C(=O)C(O)=C(C(=O)c3cc4ccccc4o3)C2c2ccccn2)c1. The van der Waals surface area contributed by atoms with E-state index in [0.717, 1.165) is 5.39 Å². The lowest BCUT2D eigenvalue weighted by atomic mass is 9.98. The van der Waals surface area contributed by atoms with Crippen LogP contribution in [0.5, 0.6) is 5.75 Å². The number of nitrogens with zero attached hydrogens (tertiary/aromatic N) is 2. The molecule has 3 heterocycles. The van der Waals surface area contributed by atoms with Gasteiger partial charge in [-0.2, -0.15) is 0 Å². The highest BCUT2D eigenvalue weighted by Gasteiger charge is 2.46. The second kappa shape index (κ2) is 7.70. The zero-order chi connectivity index (χ0) is 22.2. The van der Waals surface area contributed by atoms with Crippen LogP contribution >= 0.6 is 0 Å². The zero-order valence-corrected chi connectivity index (χ0v) is 17.1.